The van der Waals surface area contributed by atoms with Gasteiger partial charge in [-0.2, -0.15) is 5.10 Å². The van der Waals surface area contributed by atoms with E-state index in [1.807, 2.05) is 30.3 Å². The molecule has 4 rings (SSSR count). The third kappa shape index (κ3) is 4.81. The van der Waals surface area contributed by atoms with Crippen molar-refractivity contribution < 1.29 is 4.74 Å². The van der Waals surface area contributed by atoms with Gasteiger partial charge >= 0.3 is 0 Å². The van der Waals surface area contributed by atoms with Crippen LogP contribution in [0.3, 0.4) is 0 Å². The molecule has 2 heterocycles. The first-order valence-electron chi connectivity index (χ1n) is 9.88. The quantitative estimate of drug-likeness (QED) is 0.347. The molecule has 1 aromatic heterocycles. The van der Waals surface area contributed by atoms with Crippen molar-refractivity contribution in [2.75, 3.05) is 19.6 Å². The fraction of sp³-hybridized carbons (Fsp3) is 0.318. The third-order valence-electron chi connectivity index (χ3n) is 5.42. The number of hydrogen-bond acceptors (Lipinski definition) is 7. The molecule has 0 unspecified atom stereocenters. The number of hydrazone groups is 1. The van der Waals surface area contributed by atoms with Crippen LogP contribution in [0.1, 0.15) is 18.4 Å². The number of aromatic nitrogens is 1. The van der Waals surface area contributed by atoms with Crippen molar-refractivity contribution in [1.29, 1.82) is 5.41 Å². The number of para-hydroxylation sites is 1. The number of fused-ring (bicyclic) bond motifs is 1. The molecule has 0 bridgehead atoms. The fourth-order valence-electron chi connectivity index (χ4n) is 3.72. The second-order valence-corrected chi connectivity index (χ2v) is 8.25. The lowest BCUT2D eigenvalue weighted by molar-refractivity contribution is 0.212. The summed E-state index contributed by atoms with van der Waals surface area (Å²) in [5, 5.41) is 11.8. The van der Waals surface area contributed by atoms with Gasteiger partial charge in [-0.1, -0.05) is 35.6 Å². The van der Waals surface area contributed by atoms with Crippen molar-refractivity contribution in [2.24, 2.45) is 16.9 Å². The largest absolute Gasteiger partial charge is 0.431 e. The van der Waals surface area contributed by atoms with Crippen molar-refractivity contribution >= 4 is 33.5 Å². The topological polar surface area (TPSA) is 87.6 Å². The highest BCUT2D eigenvalue weighted by molar-refractivity contribution is 7.20. The number of likely N-dealkylation sites (tertiary alicyclic amines) is 1. The van der Waals surface area contributed by atoms with E-state index in [1.165, 1.54) is 11.8 Å². The number of ether oxygens (including phenoxy) is 1. The first-order valence-corrected chi connectivity index (χ1v) is 10.7. The molecule has 0 aliphatic carbocycles. The minimum atomic E-state index is 0.327. The van der Waals surface area contributed by atoms with Crippen LogP contribution in [0.5, 0.6) is 10.9 Å². The monoisotopic (exact) mass is 407 g/mol. The van der Waals surface area contributed by atoms with Crippen LogP contribution in [-0.4, -0.2) is 41.4 Å². The lowest BCUT2D eigenvalue weighted by Crippen LogP contribution is -2.38. The Morgan fingerprint density at radius 3 is 2.66 bits per heavy atom. The van der Waals surface area contributed by atoms with Gasteiger partial charge in [0.05, 0.1) is 15.9 Å². The molecule has 0 saturated carbocycles. The molecular formula is C22H25N5OS. The Kier molecular flexibility index (Phi) is 6.17. The van der Waals surface area contributed by atoms with Crippen LogP contribution >= 0.6 is 11.3 Å². The van der Waals surface area contributed by atoms with E-state index in [1.54, 1.807) is 11.3 Å². The molecule has 1 saturated heterocycles. The van der Waals surface area contributed by atoms with Crippen LogP contribution in [0.25, 0.3) is 10.2 Å². The first kappa shape index (κ1) is 19.5. The van der Waals surface area contributed by atoms with Gasteiger partial charge in [-0.05, 0) is 62.2 Å². The van der Waals surface area contributed by atoms with Gasteiger partial charge < -0.3 is 20.9 Å². The predicted octanol–water partition coefficient (Wildman–Crippen LogP) is 4.31. The summed E-state index contributed by atoms with van der Waals surface area (Å²) < 4.78 is 7.06. The Bertz CT molecular complexity index is 957. The Morgan fingerprint density at radius 1 is 1.21 bits per heavy atom. The molecule has 0 atom stereocenters. The summed E-state index contributed by atoms with van der Waals surface area (Å²) in [6.07, 6.45) is 4.33. The Hall–Kier alpha value is -2.77. The number of rotatable bonds is 7. The maximum atomic E-state index is 7.39. The van der Waals surface area contributed by atoms with Crippen LogP contribution < -0.4 is 10.6 Å². The van der Waals surface area contributed by atoms with Crippen LogP contribution in [0.15, 0.2) is 53.6 Å². The molecule has 1 aliphatic rings. The van der Waals surface area contributed by atoms with E-state index in [0.29, 0.717) is 16.8 Å². The summed E-state index contributed by atoms with van der Waals surface area (Å²) in [6, 6.07) is 16.3. The zero-order chi connectivity index (χ0) is 20.1. The summed E-state index contributed by atoms with van der Waals surface area (Å²) in [4.78, 5) is 6.99. The first-order chi connectivity index (χ1) is 14.2. The van der Waals surface area contributed by atoms with Crippen LogP contribution in [0.4, 0.5) is 0 Å². The van der Waals surface area contributed by atoms with Gasteiger partial charge in [0.2, 0.25) is 0 Å². The SMILES string of the molecule is N=CC(=NN)C1CCN(CCc2ccc(Oc3nc4ccccc4s3)cc2)CC1. The van der Waals surface area contributed by atoms with Crippen LogP contribution in [-0.2, 0) is 6.42 Å². The number of nitrogens with one attached hydrogen (secondary N) is 1. The molecular weight excluding hydrogens is 382 g/mol. The average Bonchev–Trinajstić information content (AvgIpc) is 3.17. The lowest BCUT2D eigenvalue weighted by atomic mass is 9.92. The Balaban J connectivity index is 1.27. The van der Waals surface area contributed by atoms with Crippen molar-refractivity contribution in [2.45, 2.75) is 19.3 Å². The summed E-state index contributed by atoms with van der Waals surface area (Å²) in [7, 11) is 0. The summed E-state index contributed by atoms with van der Waals surface area (Å²) >= 11 is 1.56. The fourth-order valence-corrected chi connectivity index (χ4v) is 4.55. The van der Waals surface area contributed by atoms with Crippen LogP contribution in [0.2, 0.25) is 0 Å². The molecule has 2 aromatic carbocycles. The number of piperidine rings is 1. The normalized spacial score (nSPS) is 16.2. The molecule has 6 nitrogen and oxygen atoms in total. The molecule has 3 N–H and O–H groups in total. The van der Waals surface area contributed by atoms with Crippen molar-refractivity contribution in [1.82, 2.24) is 9.88 Å². The predicted molar refractivity (Wildman–Crippen MR) is 119 cm³/mol. The third-order valence-corrected chi connectivity index (χ3v) is 6.34. The molecule has 1 aliphatic heterocycles. The van der Waals surface area contributed by atoms with E-state index >= 15 is 0 Å². The maximum absolute atomic E-state index is 7.39. The van der Waals surface area contributed by atoms with Crippen molar-refractivity contribution in [3.05, 3.63) is 54.1 Å². The number of nitrogens with zero attached hydrogens (tertiary/aromatic N) is 3. The highest BCUT2D eigenvalue weighted by Gasteiger charge is 2.22. The standard InChI is InChI=1S/C22H25N5OS/c23-15-20(26-24)17-10-13-27(14-11-17)12-9-16-5-7-18(8-6-16)28-22-25-19-3-1-2-4-21(19)29-22/h1-8,15,17,23H,9-14,24H2. The van der Waals surface area contributed by atoms with Gasteiger partial charge in [0.1, 0.15) is 5.75 Å². The number of thiazole rings is 1. The summed E-state index contributed by atoms with van der Waals surface area (Å²) in [6.45, 7) is 3.08. The molecule has 0 amide bonds. The van der Waals surface area contributed by atoms with E-state index in [0.717, 1.165) is 54.9 Å². The summed E-state index contributed by atoms with van der Waals surface area (Å²) in [5.41, 5.74) is 2.99. The minimum Gasteiger partial charge on any atom is -0.431 e. The molecule has 7 heteroatoms. The molecule has 1 fully saturated rings. The van der Waals surface area contributed by atoms with Gasteiger partial charge in [0.25, 0.3) is 5.19 Å². The second kappa shape index (κ2) is 9.15. The molecule has 150 valence electrons. The van der Waals surface area contributed by atoms with E-state index in [4.69, 9.17) is 16.0 Å². The van der Waals surface area contributed by atoms with Gasteiger partial charge in [0, 0.05) is 18.7 Å². The van der Waals surface area contributed by atoms with Gasteiger partial charge in [-0.25, -0.2) is 4.98 Å². The van der Waals surface area contributed by atoms with E-state index in [2.05, 4.69) is 33.2 Å². The van der Waals surface area contributed by atoms with Gasteiger partial charge in [-0.15, -0.1) is 0 Å². The average molecular weight is 408 g/mol. The van der Waals surface area contributed by atoms with Crippen molar-refractivity contribution in [3.63, 3.8) is 0 Å². The van der Waals surface area contributed by atoms with Gasteiger partial charge in [0.15, 0.2) is 0 Å². The Labute approximate surface area is 174 Å². The molecule has 3 aromatic rings. The highest BCUT2D eigenvalue weighted by atomic mass is 32.1. The zero-order valence-corrected chi connectivity index (χ0v) is 17.1. The zero-order valence-electron chi connectivity index (χ0n) is 16.3. The van der Waals surface area contributed by atoms with Gasteiger partial charge in [-0.3, -0.25) is 0 Å². The summed E-state index contributed by atoms with van der Waals surface area (Å²) in [5.74, 6) is 6.51. The van der Waals surface area contributed by atoms with Crippen molar-refractivity contribution in [3.8, 4) is 10.9 Å². The minimum absolute atomic E-state index is 0.327. The number of benzene rings is 2. The molecule has 0 radical (unpaired) electrons. The number of nitrogens with two attached hydrogens (primary N) is 1. The number of hydrogen-bond donors (Lipinski definition) is 2. The second-order valence-electron chi connectivity index (χ2n) is 7.26. The molecule has 29 heavy (non-hydrogen) atoms. The Morgan fingerprint density at radius 2 is 1.97 bits per heavy atom. The maximum Gasteiger partial charge on any atom is 0.279 e. The van der Waals surface area contributed by atoms with Crippen LogP contribution in [0, 0.1) is 11.3 Å². The molecule has 0 spiro atoms. The smallest absolute Gasteiger partial charge is 0.279 e. The lowest BCUT2D eigenvalue weighted by Gasteiger charge is -2.31. The van der Waals surface area contributed by atoms with E-state index in [9.17, 15) is 0 Å². The highest BCUT2D eigenvalue weighted by Crippen LogP contribution is 2.31. The van der Waals surface area contributed by atoms with E-state index in [-0.39, 0.29) is 0 Å². The van der Waals surface area contributed by atoms with E-state index < -0.39 is 0 Å².